The Morgan fingerprint density at radius 2 is 2.03 bits per heavy atom. The van der Waals surface area contributed by atoms with Crippen LogP contribution in [-0.2, 0) is 14.3 Å². The van der Waals surface area contributed by atoms with Crippen LogP contribution < -0.4 is 4.90 Å². The van der Waals surface area contributed by atoms with Crippen LogP contribution in [0.25, 0.3) is 17.0 Å². The van der Waals surface area contributed by atoms with Gasteiger partial charge in [0.2, 0.25) is 0 Å². The van der Waals surface area contributed by atoms with Crippen molar-refractivity contribution < 1.29 is 14.3 Å². The van der Waals surface area contributed by atoms with Crippen LogP contribution in [0.5, 0.6) is 0 Å². The van der Waals surface area contributed by atoms with Gasteiger partial charge in [0.15, 0.2) is 0 Å². The van der Waals surface area contributed by atoms with Crippen molar-refractivity contribution in [2.45, 2.75) is 33.6 Å². The average Bonchev–Trinajstić information content (AvgIpc) is 3.06. The predicted molar refractivity (Wildman–Crippen MR) is 138 cm³/mol. The van der Waals surface area contributed by atoms with Gasteiger partial charge in [-0.3, -0.25) is 14.5 Å². The first-order chi connectivity index (χ1) is 15.9. The number of ether oxygens (including phenoxy) is 1. The summed E-state index contributed by atoms with van der Waals surface area (Å²) >= 11 is 6.83. The summed E-state index contributed by atoms with van der Waals surface area (Å²) < 4.78 is 5.81. The molecule has 0 unspecified atom stereocenters. The third-order valence-corrected chi connectivity index (χ3v) is 7.23. The van der Waals surface area contributed by atoms with Crippen molar-refractivity contribution in [3.05, 3.63) is 40.8 Å². The molecule has 2 fully saturated rings. The summed E-state index contributed by atoms with van der Waals surface area (Å²) in [4.78, 5) is 34.7. The smallest absolute Gasteiger partial charge is 0.309 e. The number of benzene rings is 1. The van der Waals surface area contributed by atoms with Crippen LogP contribution in [0, 0.1) is 11.8 Å². The van der Waals surface area contributed by atoms with Crippen LogP contribution in [0.4, 0.5) is 5.82 Å². The van der Waals surface area contributed by atoms with Crippen molar-refractivity contribution in [3.8, 4) is 0 Å². The number of hydrogen-bond donors (Lipinski definition) is 0. The van der Waals surface area contributed by atoms with E-state index in [-0.39, 0.29) is 17.8 Å². The van der Waals surface area contributed by atoms with E-state index in [0.29, 0.717) is 41.4 Å². The molecule has 3 heterocycles. The zero-order chi connectivity index (χ0) is 23.5. The Kier molecular flexibility index (Phi) is 7.34. The second-order valence-electron chi connectivity index (χ2n) is 8.79. The van der Waals surface area contributed by atoms with Crippen LogP contribution in [0.1, 0.15) is 39.2 Å². The van der Waals surface area contributed by atoms with Crippen LogP contribution >= 0.6 is 24.0 Å². The van der Waals surface area contributed by atoms with Gasteiger partial charge in [0, 0.05) is 30.6 Å². The van der Waals surface area contributed by atoms with Gasteiger partial charge in [-0.25, -0.2) is 4.98 Å². The standard InChI is InChI=1S/C25H29N3O3S2/c1-4-31-24(30)17-9-11-27(12-10-17)22-19(13-18-7-5-6-8-20(18)26-22)14-21-23(29)28(15-16(2)3)25(32)33-21/h5-8,13-14,16-17H,4,9-12,15H2,1-3H3/b21-14-. The number of nitrogens with zero attached hydrogens (tertiary/aromatic N) is 3. The van der Waals surface area contributed by atoms with Gasteiger partial charge in [0.1, 0.15) is 10.1 Å². The number of hydrogen-bond acceptors (Lipinski definition) is 7. The van der Waals surface area contributed by atoms with Crippen molar-refractivity contribution in [1.82, 2.24) is 9.88 Å². The Morgan fingerprint density at radius 1 is 1.30 bits per heavy atom. The fourth-order valence-corrected chi connectivity index (χ4v) is 5.50. The molecule has 2 aliphatic heterocycles. The summed E-state index contributed by atoms with van der Waals surface area (Å²) in [5.41, 5.74) is 1.80. The number of carbonyl (C=O) groups excluding carboxylic acids is 2. The summed E-state index contributed by atoms with van der Waals surface area (Å²) in [5, 5.41) is 1.02. The first-order valence-corrected chi connectivity index (χ1v) is 12.7. The van der Waals surface area contributed by atoms with Gasteiger partial charge in [-0.1, -0.05) is 56.0 Å². The highest BCUT2D eigenvalue weighted by atomic mass is 32.2. The molecule has 0 saturated carbocycles. The second kappa shape index (κ2) is 10.2. The highest BCUT2D eigenvalue weighted by Crippen LogP contribution is 2.36. The van der Waals surface area contributed by atoms with Gasteiger partial charge in [0.25, 0.3) is 5.91 Å². The summed E-state index contributed by atoms with van der Waals surface area (Å²) in [6.07, 6.45) is 3.37. The van der Waals surface area contributed by atoms with Crippen molar-refractivity contribution in [1.29, 1.82) is 0 Å². The van der Waals surface area contributed by atoms with Crippen LogP contribution in [0.3, 0.4) is 0 Å². The number of thioether (sulfide) groups is 1. The number of rotatable bonds is 6. The van der Waals surface area contributed by atoms with Gasteiger partial charge < -0.3 is 9.64 Å². The Hall–Kier alpha value is -2.45. The molecule has 6 nitrogen and oxygen atoms in total. The molecule has 4 rings (SSSR count). The molecule has 1 aromatic carbocycles. The van der Waals surface area contributed by atoms with E-state index in [1.807, 2.05) is 37.3 Å². The predicted octanol–water partition coefficient (Wildman–Crippen LogP) is 4.87. The lowest BCUT2D eigenvalue weighted by atomic mass is 9.96. The number of anilines is 1. The van der Waals surface area contributed by atoms with E-state index >= 15 is 0 Å². The van der Waals surface area contributed by atoms with Crippen molar-refractivity contribution in [2.75, 3.05) is 31.1 Å². The van der Waals surface area contributed by atoms with Crippen LogP contribution in [0.15, 0.2) is 35.2 Å². The van der Waals surface area contributed by atoms with E-state index in [9.17, 15) is 9.59 Å². The Bertz CT molecular complexity index is 1110. The maximum atomic E-state index is 13.1. The molecule has 0 radical (unpaired) electrons. The van der Waals surface area contributed by atoms with Crippen molar-refractivity contribution in [2.24, 2.45) is 11.8 Å². The lowest BCUT2D eigenvalue weighted by molar-refractivity contribution is -0.148. The molecule has 0 atom stereocenters. The number of fused-ring (bicyclic) bond motifs is 1. The minimum atomic E-state index is -0.113. The average molecular weight is 484 g/mol. The summed E-state index contributed by atoms with van der Waals surface area (Å²) in [6.45, 7) is 8.44. The second-order valence-corrected chi connectivity index (χ2v) is 10.5. The van der Waals surface area contributed by atoms with E-state index < -0.39 is 0 Å². The molecule has 2 saturated heterocycles. The monoisotopic (exact) mass is 483 g/mol. The highest BCUT2D eigenvalue weighted by Gasteiger charge is 2.33. The number of esters is 1. The third kappa shape index (κ3) is 5.22. The molecule has 0 aliphatic carbocycles. The van der Waals surface area contributed by atoms with Gasteiger partial charge in [-0.2, -0.15) is 0 Å². The lowest BCUT2D eigenvalue weighted by Gasteiger charge is -2.32. The molecule has 1 aromatic heterocycles. The van der Waals surface area contributed by atoms with Gasteiger partial charge >= 0.3 is 5.97 Å². The molecule has 8 heteroatoms. The lowest BCUT2D eigenvalue weighted by Crippen LogP contribution is -2.37. The van der Waals surface area contributed by atoms with E-state index in [1.165, 1.54) is 11.8 Å². The molecule has 0 bridgehead atoms. The molecular weight excluding hydrogens is 454 g/mol. The summed E-state index contributed by atoms with van der Waals surface area (Å²) in [6, 6.07) is 10.1. The first kappa shape index (κ1) is 23.7. The fourth-order valence-electron chi connectivity index (χ4n) is 4.23. The molecule has 0 spiro atoms. The SMILES string of the molecule is CCOC(=O)C1CCN(c2nc3ccccc3cc2/C=C2\SC(=S)N(CC(C)C)C2=O)CC1. The van der Waals surface area contributed by atoms with Gasteiger partial charge in [-0.05, 0) is 43.9 Å². The van der Waals surface area contributed by atoms with E-state index in [1.54, 1.807) is 4.90 Å². The van der Waals surface area contributed by atoms with Gasteiger partial charge in [0.05, 0.1) is 22.9 Å². The van der Waals surface area contributed by atoms with Crippen molar-refractivity contribution in [3.63, 3.8) is 0 Å². The zero-order valence-electron chi connectivity index (χ0n) is 19.2. The topological polar surface area (TPSA) is 62.7 Å². The molecule has 1 amide bonds. The number of para-hydroxylation sites is 1. The van der Waals surface area contributed by atoms with Crippen LogP contribution in [0.2, 0.25) is 0 Å². The minimum absolute atomic E-state index is 0.0428. The summed E-state index contributed by atoms with van der Waals surface area (Å²) in [7, 11) is 0. The first-order valence-electron chi connectivity index (χ1n) is 11.4. The molecule has 174 valence electrons. The fraction of sp³-hybridized carbons (Fsp3) is 0.440. The summed E-state index contributed by atoms with van der Waals surface area (Å²) in [5.74, 6) is 0.949. The maximum absolute atomic E-state index is 13.1. The number of thiocarbonyl (C=S) groups is 1. The molecule has 2 aromatic rings. The number of piperidine rings is 1. The maximum Gasteiger partial charge on any atom is 0.309 e. The van der Waals surface area contributed by atoms with E-state index in [4.69, 9.17) is 21.9 Å². The largest absolute Gasteiger partial charge is 0.466 e. The van der Waals surface area contributed by atoms with Gasteiger partial charge in [-0.15, -0.1) is 0 Å². The normalized spacial score (nSPS) is 18.7. The van der Waals surface area contributed by atoms with Crippen molar-refractivity contribution >= 4 is 63.0 Å². The number of pyridine rings is 1. The number of amides is 1. The molecule has 33 heavy (non-hydrogen) atoms. The Labute approximate surface area is 204 Å². The molecule has 2 aliphatic rings. The zero-order valence-corrected chi connectivity index (χ0v) is 20.9. The van der Waals surface area contributed by atoms with E-state index in [2.05, 4.69) is 24.8 Å². The van der Waals surface area contributed by atoms with Crippen LogP contribution in [-0.4, -0.2) is 52.3 Å². The Balaban J connectivity index is 1.65. The number of aromatic nitrogens is 1. The third-order valence-electron chi connectivity index (χ3n) is 5.85. The Morgan fingerprint density at radius 3 is 2.73 bits per heavy atom. The highest BCUT2D eigenvalue weighted by molar-refractivity contribution is 8.26. The van der Waals surface area contributed by atoms with E-state index in [0.717, 1.165) is 35.1 Å². The number of carbonyl (C=O) groups is 2. The minimum Gasteiger partial charge on any atom is -0.466 e. The molecule has 0 N–H and O–H groups in total. The quantitative estimate of drug-likeness (QED) is 0.330. The molecular formula is C25H29N3O3S2.